The summed E-state index contributed by atoms with van der Waals surface area (Å²) in [5.41, 5.74) is 1.68. The van der Waals surface area contributed by atoms with E-state index in [1.165, 1.54) is 23.5 Å². The summed E-state index contributed by atoms with van der Waals surface area (Å²) in [6, 6.07) is 7.86. The van der Waals surface area contributed by atoms with E-state index < -0.39 is 10.0 Å². The normalized spacial score (nSPS) is 17.4. The van der Waals surface area contributed by atoms with E-state index in [-0.39, 0.29) is 22.8 Å². The Hall–Kier alpha value is -3.02. The third-order valence-electron chi connectivity index (χ3n) is 5.27. The number of thiophene rings is 1. The maximum Gasteiger partial charge on any atom is 0.268 e. The van der Waals surface area contributed by atoms with Gasteiger partial charge in [0.1, 0.15) is 13.2 Å². The summed E-state index contributed by atoms with van der Waals surface area (Å²) in [4.78, 5) is 21.6. The molecule has 0 saturated heterocycles. The molecule has 1 amide bonds. The molecular weight excluding hydrogens is 452 g/mol. The fourth-order valence-corrected chi connectivity index (χ4v) is 5.62. The predicted octanol–water partition coefficient (Wildman–Crippen LogP) is 2.40. The van der Waals surface area contributed by atoms with Crippen molar-refractivity contribution in [2.75, 3.05) is 18.5 Å². The highest BCUT2D eigenvalue weighted by Crippen LogP contribution is 2.32. The van der Waals surface area contributed by atoms with Gasteiger partial charge in [0.05, 0.1) is 9.77 Å². The number of ether oxygens (including phenoxy) is 2. The van der Waals surface area contributed by atoms with Crippen molar-refractivity contribution in [3.8, 4) is 11.5 Å². The molecular formula is C21H20N4O5S2. The first-order valence-electron chi connectivity index (χ1n) is 10.1. The third-order valence-corrected chi connectivity index (χ3v) is 7.65. The zero-order valence-electron chi connectivity index (χ0n) is 16.9. The van der Waals surface area contributed by atoms with Crippen LogP contribution in [0.3, 0.4) is 0 Å². The molecule has 9 nitrogen and oxygen atoms in total. The average Bonchev–Trinajstić information content (AvgIpc) is 3.34. The summed E-state index contributed by atoms with van der Waals surface area (Å²) in [6.45, 7) is 0.833. The highest BCUT2D eigenvalue weighted by Gasteiger charge is 2.27. The van der Waals surface area contributed by atoms with E-state index in [0.29, 0.717) is 48.9 Å². The number of hydrogen-bond donors (Lipinski definition) is 2. The number of carbonyl (C=O) groups excluding carboxylic acids is 1. The number of anilines is 1. The zero-order chi connectivity index (χ0) is 22.1. The number of nitrogens with zero attached hydrogens (tertiary/aromatic N) is 2. The molecule has 1 aliphatic carbocycles. The Morgan fingerprint density at radius 2 is 2.00 bits per heavy atom. The molecule has 32 heavy (non-hydrogen) atoms. The van der Waals surface area contributed by atoms with Crippen LogP contribution in [0.2, 0.25) is 0 Å². The summed E-state index contributed by atoms with van der Waals surface area (Å²) in [6.07, 6.45) is 3.29. The monoisotopic (exact) mass is 472 g/mol. The van der Waals surface area contributed by atoms with Crippen molar-refractivity contribution in [1.29, 1.82) is 0 Å². The first kappa shape index (κ1) is 20.9. The van der Waals surface area contributed by atoms with Gasteiger partial charge in [-0.25, -0.2) is 23.1 Å². The Morgan fingerprint density at radius 3 is 2.81 bits per heavy atom. The number of hydrogen-bond acceptors (Lipinski definition) is 8. The minimum absolute atomic E-state index is 0.135. The molecule has 1 aromatic carbocycles. The molecule has 2 aliphatic rings. The number of amides is 1. The Labute approximate surface area is 188 Å². The Kier molecular flexibility index (Phi) is 5.53. The summed E-state index contributed by atoms with van der Waals surface area (Å²) >= 11 is 1.34. The van der Waals surface area contributed by atoms with Gasteiger partial charge < -0.3 is 9.47 Å². The van der Waals surface area contributed by atoms with Gasteiger partial charge in [-0.15, -0.1) is 11.3 Å². The van der Waals surface area contributed by atoms with Crippen molar-refractivity contribution in [3.63, 3.8) is 0 Å². The van der Waals surface area contributed by atoms with E-state index in [9.17, 15) is 13.2 Å². The van der Waals surface area contributed by atoms with E-state index in [1.54, 1.807) is 24.4 Å². The van der Waals surface area contributed by atoms with Gasteiger partial charge in [-0.1, -0.05) is 6.07 Å². The van der Waals surface area contributed by atoms with Crippen molar-refractivity contribution in [3.05, 3.63) is 58.0 Å². The van der Waals surface area contributed by atoms with Gasteiger partial charge in [0, 0.05) is 24.0 Å². The SMILES string of the molecule is O=C(Nc1ncc2c(n1)CCC(NS(=O)(=O)c1ccc3c(c1)OCCO3)C2)c1cccs1. The lowest BCUT2D eigenvalue weighted by Crippen LogP contribution is -2.39. The second kappa shape index (κ2) is 8.49. The molecule has 2 N–H and O–H groups in total. The van der Waals surface area contributed by atoms with E-state index in [1.807, 2.05) is 5.38 Å². The van der Waals surface area contributed by atoms with Crippen LogP contribution in [-0.4, -0.2) is 43.5 Å². The Morgan fingerprint density at radius 1 is 1.16 bits per heavy atom. The molecule has 1 atom stereocenters. The van der Waals surface area contributed by atoms with E-state index in [0.717, 1.165) is 11.3 Å². The van der Waals surface area contributed by atoms with Crippen LogP contribution >= 0.6 is 11.3 Å². The first-order chi connectivity index (χ1) is 15.5. The maximum absolute atomic E-state index is 12.9. The minimum atomic E-state index is -3.73. The van der Waals surface area contributed by atoms with Crippen LogP contribution in [0.25, 0.3) is 0 Å². The molecule has 0 radical (unpaired) electrons. The lowest BCUT2D eigenvalue weighted by atomic mass is 9.94. The largest absolute Gasteiger partial charge is 0.486 e. The van der Waals surface area contributed by atoms with Gasteiger partial charge >= 0.3 is 0 Å². The summed E-state index contributed by atoms with van der Waals surface area (Å²) in [7, 11) is -3.73. The second-order valence-electron chi connectivity index (χ2n) is 7.46. The molecule has 11 heteroatoms. The molecule has 0 saturated carbocycles. The quantitative estimate of drug-likeness (QED) is 0.585. The number of nitrogens with one attached hydrogen (secondary N) is 2. The topological polar surface area (TPSA) is 120 Å². The summed E-state index contributed by atoms with van der Waals surface area (Å²) < 4.78 is 39.5. The smallest absolute Gasteiger partial charge is 0.268 e. The summed E-state index contributed by atoms with van der Waals surface area (Å²) in [5, 5.41) is 4.53. The van der Waals surface area contributed by atoms with Gasteiger partial charge in [-0.05, 0) is 48.4 Å². The number of carbonyl (C=O) groups is 1. The molecule has 0 spiro atoms. The fourth-order valence-electron chi connectivity index (χ4n) is 3.72. The van der Waals surface area contributed by atoms with Crippen LogP contribution in [0.1, 0.15) is 27.3 Å². The van der Waals surface area contributed by atoms with E-state index in [2.05, 4.69) is 20.0 Å². The molecule has 1 unspecified atom stereocenters. The van der Waals surface area contributed by atoms with Crippen LogP contribution in [0, 0.1) is 0 Å². The van der Waals surface area contributed by atoms with Crippen LogP contribution in [0.4, 0.5) is 5.95 Å². The first-order valence-corrected chi connectivity index (χ1v) is 12.5. The molecule has 0 fully saturated rings. The van der Waals surface area contributed by atoms with E-state index in [4.69, 9.17) is 9.47 Å². The molecule has 2 aromatic heterocycles. The van der Waals surface area contributed by atoms with Crippen molar-refractivity contribution >= 4 is 33.2 Å². The number of rotatable bonds is 5. The maximum atomic E-state index is 12.9. The minimum Gasteiger partial charge on any atom is -0.486 e. The second-order valence-corrected chi connectivity index (χ2v) is 10.1. The number of fused-ring (bicyclic) bond motifs is 2. The van der Waals surface area contributed by atoms with Crippen LogP contribution in [0.15, 0.2) is 46.8 Å². The van der Waals surface area contributed by atoms with Gasteiger partial charge in [0.15, 0.2) is 11.5 Å². The highest BCUT2D eigenvalue weighted by molar-refractivity contribution is 7.89. The lowest BCUT2D eigenvalue weighted by Gasteiger charge is -2.25. The van der Waals surface area contributed by atoms with Gasteiger partial charge in [-0.2, -0.15) is 0 Å². The Balaban J connectivity index is 1.26. The number of benzene rings is 1. The van der Waals surface area contributed by atoms with Crippen LogP contribution in [0.5, 0.6) is 11.5 Å². The van der Waals surface area contributed by atoms with Crippen molar-refractivity contribution in [1.82, 2.24) is 14.7 Å². The van der Waals surface area contributed by atoms with Gasteiger partial charge in [0.2, 0.25) is 16.0 Å². The predicted molar refractivity (Wildman–Crippen MR) is 118 cm³/mol. The third kappa shape index (κ3) is 4.31. The molecule has 5 rings (SSSR count). The summed E-state index contributed by atoms with van der Waals surface area (Å²) in [5.74, 6) is 0.970. The van der Waals surface area contributed by atoms with E-state index >= 15 is 0 Å². The Bertz CT molecular complexity index is 1260. The average molecular weight is 473 g/mol. The fraction of sp³-hybridized carbons (Fsp3) is 0.286. The molecule has 1 aliphatic heterocycles. The number of aromatic nitrogens is 2. The molecule has 166 valence electrons. The highest BCUT2D eigenvalue weighted by atomic mass is 32.2. The van der Waals surface area contributed by atoms with Gasteiger partial charge in [-0.3, -0.25) is 10.1 Å². The molecule has 3 heterocycles. The van der Waals surface area contributed by atoms with Crippen LogP contribution < -0.4 is 19.5 Å². The van der Waals surface area contributed by atoms with Crippen molar-refractivity contribution < 1.29 is 22.7 Å². The molecule has 0 bridgehead atoms. The standard InChI is InChI=1S/C21H20N4O5S2/c26-20(19-2-1-9-31-19)24-21-22-12-13-10-14(3-5-16(13)23-21)25-32(27,28)15-4-6-17-18(11-15)30-8-7-29-17/h1-2,4,6,9,11-12,14,25H,3,5,7-8,10H2,(H,22,23,24,26). The lowest BCUT2D eigenvalue weighted by molar-refractivity contribution is 0.102. The zero-order valence-corrected chi connectivity index (χ0v) is 18.5. The van der Waals surface area contributed by atoms with Gasteiger partial charge in [0.25, 0.3) is 5.91 Å². The number of aryl methyl sites for hydroxylation is 1. The van der Waals surface area contributed by atoms with Crippen molar-refractivity contribution in [2.45, 2.75) is 30.2 Å². The van der Waals surface area contributed by atoms with Crippen molar-refractivity contribution in [2.24, 2.45) is 0 Å². The number of sulfonamides is 1. The van der Waals surface area contributed by atoms with Crippen LogP contribution in [-0.2, 0) is 22.9 Å². The molecule has 3 aromatic rings.